The second-order valence-electron chi connectivity index (χ2n) is 4.51. The Labute approximate surface area is 129 Å². The molecule has 1 aromatic carbocycles. The molecule has 20 heavy (non-hydrogen) atoms. The molecule has 2 heterocycles. The van der Waals surface area contributed by atoms with E-state index in [1.165, 1.54) is 0 Å². The van der Waals surface area contributed by atoms with Gasteiger partial charge in [0.2, 0.25) is 0 Å². The highest BCUT2D eigenvalue weighted by atomic mass is 79.9. The van der Waals surface area contributed by atoms with Crippen molar-refractivity contribution in [2.45, 2.75) is 6.92 Å². The molecule has 0 aliphatic heterocycles. The molecule has 3 rings (SSSR count). The first-order valence-corrected chi connectivity index (χ1v) is 7.16. The fraction of sp³-hybridized carbons (Fsp3) is 0.0667. The Kier molecular flexibility index (Phi) is 3.36. The van der Waals surface area contributed by atoms with E-state index >= 15 is 0 Å². The molecule has 2 aromatic heterocycles. The number of aldehydes is 1. The Hall–Kier alpha value is -1.65. The van der Waals surface area contributed by atoms with Gasteiger partial charge in [-0.3, -0.25) is 9.20 Å². The van der Waals surface area contributed by atoms with Gasteiger partial charge in [0.25, 0.3) is 0 Å². The third kappa shape index (κ3) is 2.15. The topological polar surface area (TPSA) is 34.4 Å². The Morgan fingerprint density at radius 1 is 1.30 bits per heavy atom. The summed E-state index contributed by atoms with van der Waals surface area (Å²) < 4.78 is 2.71. The molecule has 0 radical (unpaired) electrons. The number of rotatable bonds is 2. The molecule has 0 unspecified atom stereocenters. The number of carbonyl (C=O) groups is 1. The SMILES string of the molecule is Cc1cc(Br)cn2c(C=O)c(-c3ccc(Cl)cc3)nc12. The fourth-order valence-electron chi connectivity index (χ4n) is 2.22. The second-order valence-corrected chi connectivity index (χ2v) is 5.86. The van der Waals surface area contributed by atoms with Crippen LogP contribution in [0.2, 0.25) is 5.02 Å². The Morgan fingerprint density at radius 3 is 2.65 bits per heavy atom. The number of fused-ring (bicyclic) bond motifs is 1. The lowest BCUT2D eigenvalue weighted by Gasteiger charge is -2.00. The number of aromatic nitrogens is 2. The summed E-state index contributed by atoms with van der Waals surface area (Å²) in [6, 6.07) is 9.28. The number of hydrogen-bond acceptors (Lipinski definition) is 2. The Balaban J connectivity index is 2.33. The average Bonchev–Trinajstić information content (AvgIpc) is 2.78. The van der Waals surface area contributed by atoms with E-state index < -0.39 is 0 Å². The summed E-state index contributed by atoms with van der Waals surface area (Å²) in [6.45, 7) is 1.97. The van der Waals surface area contributed by atoms with Crippen LogP contribution < -0.4 is 0 Å². The molecule has 3 nitrogen and oxygen atoms in total. The molecule has 0 aliphatic carbocycles. The predicted molar refractivity (Wildman–Crippen MR) is 83.5 cm³/mol. The van der Waals surface area contributed by atoms with Gasteiger partial charge in [0.1, 0.15) is 17.0 Å². The maximum Gasteiger partial charge on any atom is 0.169 e. The van der Waals surface area contributed by atoms with E-state index in [9.17, 15) is 4.79 Å². The summed E-state index contributed by atoms with van der Waals surface area (Å²) >= 11 is 9.34. The van der Waals surface area contributed by atoms with Crippen LogP contribution in [-0.4, -0.2) is 15.7 Å². The number of carbonyl (C=O) groups excluding carboxylic acids is 1. The number of aryl methyl sites for hydroxylation is 1. The van der Waals surface area contributed by atoms with E-state index in [2.05, 4.69) is 20.9 Å². The van der Waals surface area contributed by atoms with E-state index in [4.69, 9.17) is 11.6 Å². The molecule has 0 saturated heterocycles. The number of benzene rings is 1. The van der Waals surface area contributed by atoms with Gasteiger partial charge >= 0.3 is 0 Å². The summed E-state index contributed by atoms with van der Waals surface area (Å²) in [5, 5.41) is 0.657. The van der Waals surface area contributed by atoms with Gasteiger partial charge in [-0.2, -0.15) is 0 Å². The number of halogens is 2. The van der Waals surface area contributed by atoms with Crippen molar-refractivity contribution in [2.75, 3.05) is 0 Å². The lowest BCUT2D eigenvalue weighted by molar-refractivity contribution is 0.111. The summed E-state index contributed by atoms with van der Waals surface area (Å²) in [7, 11) is 0. The van der Waals surface area contributed by atoms with Crippen molar-refractivity contribution in [3.8, 4) is 11.3 Å². The van der Waals surface area contributed by atoms with Crippen LogP contribution in [0.1, 0.15) is 16.1 Å². The molecular weight excluding hydrogens is 340 g/mol. The van der Waals surface area contributed by atoms with E-state index in [1.807, 2.05) is 31.3 Å². The van der Waals surface area contributed by atoms with Crippen LogP contribution >= 0.6 is 27.5 Å². The highest BCUT2D eigenvalue weighted by Gasteiger charge is 2.15. The zero-order chi connectivity index (χ0) is 14.3. The molecule has 0 amide bonds. The standard InChI is InChI=1S/C15H10BrClN2O/c1-9-6-11(16)7-19-13(8-20)14(18-15(9)19)10-2-4-12(17)5-3-10/h2-8H,1H3. The van der Waals surface area contributed by atoms with Gasteiger partial charge in [-0.15, -0.1) is 0 Å². The molecule has 0 bridgehead atoms. The minimum Gasteiger partial charge on any atom is -0.296 e. The van der Waals surface area contributed by atoms with Crippen LogP contribution in [0.15, 0.2) is 41.0 Å². The molecule has 3 aromatic rings. The molecule has 0 fully saturated rings. The molecule has 0 atom stereocenters. The highest BCUT2D eigenvalue weighted by molar-refractivity contribution is 9.10. The number of pyridine rings is 1. The van der Waals surface area contributed by atoms with Crippen LogP contribution in [0, 0.1) is 6.92 Å². The summed E-state index contributed by atoms with van der Waals surface area (Å²) in [6.07, 6.45) is 2.67. The normalized spacial score (nSPS) is 10.9. The smallest absolute Gasteiger partial charge is 0.169 e. The summed E-state index contributed by atoms with van der Waals surface area (Å²) in [5.74, 6) is 0. The molecule has 0 N–H and O–H groups in total. The number of nitrogens with zero attached hydrogens (tertiary/aromatic N) is 2. The van der Waals surface area contributed by atoms with Crippen LogP contribution in [0.3, 0.4) is 0 Å². The lowest BCUT2D eigenvalue weighted by atomic mass is 10.1. The van der Waals surface area contributed by atoms with Gasteiger partial charge in [-0.25, -0.2) is 4.98 Å². The van der Waals surface area contributed by atoms with Gasteiger partial charge in [0.05, 0.1) is 0 Å². The molecule has 5 heteroatoms. The monoisotopic (exact) mass is 348 g/mol. The number of hydrogen-bond donors (Lipinski definition) is 0. The largest absolute Gasteiger partial charge is 0.296 e. The third-order valence-corrected chi connectivity index (χ3v) is 3.82. The van der Waals surface area contributed by atoms with Crippen molar-refractivity contribution in [1.29, 1.82) is 0 Å². The van der Waals surface area contributed by atoms with Crippen molar-refractivity contribution in [2.24, 2.45) is 0 Å². The van der Waals surface area contributed by atoms with Gasteiger partial charge in [0.15, 0.2) is 6.29 Å². The molecule has 100 valence electrons. The van der Waals surface area contributed by atoms with Gasteiger partial charge in [-0.1, -0.05) is 23.7 Å². The van der Waals surface area contributed by atoms with E-state index in [-0.39, 0.29) is 0 Å². The minimum atomic E-state index is 0.534. The van der Waals surface area contributed by atoms with Crippen molar-refractivity contribution in [1.82, 2.24) is 9.38 Å². The lowest BCUT2D eigenvalue weighted by Crippen LogP contribution is -1.93. The minimum absolute atomic E-state index is 0.534. The van der Waals surface area contributed by atoms with Crippen molar-refractivity contribution < 1.29 is 4.79 Å². The Morgan fingerprint density at radius 2 is 2.00 bits per heavy atom. The first-order valence-electron chi connectivity index (χ1n) is 5.99. The van der Waals surface area contributed by atoms with Crippen molar-refractivity contribution in [3.63, 3.8) is 0 Å². The summed E-state index contributed by atoms with van der Waals surface area (Å²) in [4.78, 5) is 16.1. The zero-order valence-corrected chi connectivity index (χ0v) is 12.9. The van der Waals surface area contributed by atoms with E-state index in [1.54, 1.807) is 16.5 Å². The highest BCUT2D eigenvalue weighted by Crippen LogP contribution is 2.27. The average molecular weight is 350 g/mol. The molecule has 0 aliphatic rings. The van der Waals surface area contributed by atoms with Crippen molar-refractivity contribution in [3.05, 3.63) is 57.3 Å². The van der Waals surface area contributed by atoms with E-state index in [0.717, 1.165) is 27.5 Å². The zero-order valence-electron chi connectivity index (χ0n) is 10.6. The fourth-order valence-corrected chi connectivity index (χ4v) is 2.89. The van der Waals surface area contributed by atoms with Crippen LogP contribution in [0.4, 0.5) is 0 Å². The molecule has 0 saturated carbocycles. The first-order chi connectivity index (χ1) is 9.60. The summed E-state index contributed by atoms with van der Waals surface area (Å²) in [5.41, 5.74) is 3.85. The van der Waals surface area contributed by atoms with Crippen LogP contribution in [-0.2, 0) is 0 Å². The van der Waals surface area contributed by atoms with E-state index in [0.29, 0.717) is 16.4 Å². The quantitative estimate of drug-likeness (QED) is 0.637. The van der Waals surface area contributed by atoms with Gasteiger partial charge in [0, 0.05) is 21.3 Å². The van der Waals surface area contributed by atoms with Crippen LogP contribution in [0.25, 0.3) is 16.9 Å². The first kappa shape index (κ1) is 13.3. The van der Waals surface area contributed by atoms with Crippen molar-refractivity contribution >= 4 is 39.5 Å². The number of imidazole rings is 1. The maximum absolute atomic E-state index is 11.5. The third-order valence-electron chi connectivity index (χ3n) is 3.14. The second kappa shape index (κ2) is 5.04. The Bertz CT molecular complexity index is 809. The maximum atomic E-state index is 11.5. The molecule has 0 spiro atoms. The van der Waals surface area contributed by atoms with Gasteiger partial charge < -0.3 is 0 Å². The van der Waals surface area contributed by atoms with Gasteiger partial charge in [-0.05, 0) is 46.6 Å². The molecular formula is C15H10BrClN2O. The predicted octanol–water partition coefficient (Wildman–Crippen LogP) is 4.54. The van der Waals surface area contributed by atoms with Crippen LogP contribution in [0.5, 0.6) is 0 Å².